The van der Waals surface area contributed by atoms with Crippen molar-refractivity contribution in [3.05, 3.63) is 29.1 Å². The molecule has 0 amide bonds. The van der Waals surface area contributed by atoms with Crippen LogP contribution >= 0.6 is 11.8 Å². The van der Waals surface area contributed by atoms with Crippen molar-refractivity contribution in [1.29, 1.82) is 0 Å². The fraction of sp³-hybridized carbons (Fsp3) is 0.526. The van der Waals surface area contributed by atoms with E-state index in [0.29, 0.717) is 11.3 Å². The van der Waals surface area contributed by atoms with Crippen LogP contribution in [0.1, 0.15) is 43.1 Å². The van der Waals surface area contributed by atoms with Crippen molar-refractivity contribution in [2.75, 3.05) is 18.8 Å². The molecule has 1 aliphatic heterocycles. The molecule has 0 aliphatic carbocycles. The van der Waals surface area contributed by atoms with Gasteiger partial charge in [-0.25, -0.2) is 9.18 Å². The number of ketones is 1. The highest BCUT2D eigenvalue weighted by atomic mass is 32.2. The first-order valence-electron chi connectivity index (χ1n) is 9.05. The molecule has 10 heteroatoms. The number of rotatable bonds is 7. The summed E-state index contributed by atoms with van der Waals surface area (Å²) in [6, 6.07) is 2.54. The molecule has 29 heavy (non-hydrogen) atoms. The minimum absolute atomic E-state index is 0.0315. The van der Waals surface area contributed by atoms with Gasteiger partial charge < -0.3 is 19.2 Å². The van der Waals surface area contributed by atoms with Gasteiger partial charge in [0.25, 0.3) is 0 Å². The number of benzene rings is 1. The van der Waals surface area contributed by atoms with E-state index < -0.39 is 48.5 Å². The number of ether oxygens (including phenoxy) is 2. The maximum absolute atomic E-state index is 14.3. The topological polar surface area (TPSA) is 99.1 Å². The summed E-state index contributed by atoms with van der Waals surface area (Å²) in [5.74, 6) is -2.88. The van der Waals surface area contributed by atoms with Gasteiger partial charge in [0, 0.05) is 12.2 Å². The van der Waals surface area contributed by atoms with E-state index in [4.69, 9.17) is 14.1 Å². The van der Waals surface area contributed by atoms with Crippen LogP contribution in [-0.4, -0.2) is 48.7 Å². The maximum atomic E-state index is 14.3. The van der Waals surface area contributed by atoms with Gasteiger partial charge in [0.1, 0.15) is 22.9 Å². The predicted molar refractivity (Wildman–Crippen MR) is 106 cm³/mol. The zero-order valence-corrected chi connectivity index (χ0v) is 17.6. The first-order chi connectivity index (χ1) is 13.5. The van der Waals surface area contributed by atoms with Crippen LogP contribution in [-0.2, 0) is 25.5 Å². The minimum Gasteiger partial charge on any atom is -0.535 e. The quantitative estimate of drug-likeness (QED) is 0.404. The highest BCUT2D eigenvalue weighted by Gasteiger charge is 2.39. The summed E-state index contributed by atoms with van der Waals surface area (Å²) in [4.78, 5) is 35.9. The van der Waals surface area contributed by atoms with Gasteiger partial charge in [-0.3, -0.25) is 9.59 Å². The Morgan fingerprint density at radius 3 is 2.62 bits per heavy atom. The van der Waals surface area contributed by atoms with Gasteiger partial charge in [0.05, 0.1) is 11.2 Å². The lowest BCUT2D eigenvalue weighted by atomic mass is 9.64. The van der Waals surface area contributed by atoms with E-state index >= 15 is 0 Å². The van der Waals surface area contributed by atoms with Gasteiger partial charge >= 0.3 is 19.1 Å². The van der Waals surface area contributed by atoms with Crippen LogP contribution in [0.25, 0.3) is 0 Å². The van der Waals surface area contributed by atoms with Crippen LogP contribution in [0.5, 0.6) is 5.75 Å². The van der Waals surface area contributed by atoms with Crippen molar-refractivity contribution in [3.63, 3.8) is 0 Å². The average molecular weight is 426 g/mol. The molecule has 0 saturated heterocycles. The lowest BCUT2D eigenvalue weighted by Crippen LogP contribution is -2.36. The highest BCUT2D eigenvalue weighted by molar-refractivity contribution is 7.99. The summed E-state index contributed by atoms with van der Waals surface area (Å²) in [5, 5.41) is 10.2. The largest absolute Gasteiger partial charge is 0.535 e. The van der Waals surface area contributed by atoms with Crippen LogP contribution in [0.2, 0.25) is 5.82 Å². The minimum atomic E-state index is -1.36. The van der Waals surface area contributed by atoms with Crippen molar-refractivity contribution in [1.82, 2.24) is 0 Å². The Hall–Kier alpha value is -2.07. The molecule has 1 aliphatic rings. The van der Waals surface area contributed by atoms with Crippen molar-refractivity contribution in [2.45, 2.75) is 39.4 Å². The zero-order valence-electron chi connectivity index (χ0n) is 16.8. The lowest BCUT2D eigenvalue weighted by molar-refractivity contribution is -0.161. The molecule has 0 spiro atoms. The Balaban J connectivity index is 2.12. The number of halogens is 1. The second kappa shape index (κ2) is 9.62. The first kappa shape index (κ1) is 23.2. The van der Waals surface area contributed by atoms with Gasteiger partial charge in [-0.2, -0.15) is 11.8 Å². The molecule has 1 N–H and O–H groups in total. The van der Waals surface area contributed by atoms with E-state index in [9.17, 15) is 23.8 Å². The van der Waals surface area contributed by atoms with E-state index in [0.717, 1.165) is 6.07 Å². The molecule has 158 valence electrons. The molecule has 1 atom stereocenters. The summed E-state index contributed by atoms with van der Waals surface area (Å²) in [5.41, 5.74) is -0.779. The van der Waals surface area contributed by atoms with Crippen LogP contribution in [0.3, 0.4) is 0 Å². The van der Waals surface area contributed by atoms with Crippen LogP contribution in [0, 0.1) is 11.2 Å². The molecule has 0 radical (unpaired) electrons. The number of fused-ring (bicyclic) bond motifs is 1. The monoisotopic (exact) mass is 426 g/mol. The number of hydrogen-bond donors (Lipinski definition) is 1. The normalized spacial score (nSPS) is 15.9. The Kier molecular flexibility index (Phi) is 7.70. The van der Waals surface area contributed by atoms with E-state index in [-0.39, 0.29) is 24.4 Å². The molecule has 1 aromatic rings. The third-order valence-corrected chi connectivity index (χ3v) is 4.91. The van der Waals surface area contributed by atoms with Gasteiger partial charge in [-0.15, -0.1) is 0 Å². The number of carbonyl (C=O) groups is 3. The molecule has 0 saturated carbocycles. The molecule has 0 bridgehead atoms. The lowest BCUT2D eigenvalue weighted by Gasteiger charge is -2.28. The summed E-state index contributed by atoms with van der Waals surface area (Å²) >= 11 is 1.39. The summed E-state index contributed by atoms with van der Waals surface area (Å²) in [6.45, 7) is 4.24. The zero-order chi connectivity index (χ0) is 21.8. The third-order valence-electron chi connectivity index (χ3n) is 4.30. The van der Waals surface area contributed by atoms with Crippen molar-refractivity contribution < 1.29 is 37.9 Å². The number of Topliss-reactive ketones (excluding diaryl/α,β-unsaturated/α-hetero) is 1. The Labute approximate surface area is 173 Å². The smallest absolute Gasteiger partial charge is 0.526 e. The molecule has 1 aromatic carbocycles. The maximum Gasteiger partial charge on any atom is 0.526 e. The van der Waals surface area contributed by atoms with Crippen LogP contribution < -0.4 is 4.65 Å². The summed E-state index contributed by atoms with van der Waals surface area (Å²) in [6.07, 6.45) is 2.16. The van der Waals surface area contributed by atoms with Gasteiger partial charge in [0.15, 0.2) is 0 Å². The number of hydrogen-bond acceptors (Lipinski definition) is 8. The average Bonchev–Trinajstić information content (AvgIpc) is 2.61. The highest BCUT2D eigenvalue weighted by Crippen LogP contribution is 2.37. The second-order valence-corrected chi connectivity index (χ2v) is 8.66. The SMILES string of the molecule is CSCC(=O)C[C@H]1Cc2ccc(F)c(C(=O)OCOC(=O)C(C)(C)C)c2OB1O. The number of esters is 2. The summed E-state index contributed by atoms with van der Waals surface area (Å²) in [7, 11) is -1.36. The fourth-order valence-electron chi connectivity index (χ4n) is 2.80. The Morgan fingerprint density at radius 1 is 1.31 bits per heavy atom. The summed E-state index contributed by atoms with van der Waals surface area (Å²) < 4.78 is 29.4. The van der Waals surface area contributed by atoms with Crippen LogP contribution in [0.4, 0.5) is 4.39 Å². The standard InChI is InChI=1S/C19H24BFO7S/c1-19(2,3)18(24)27-10-26-17(23)15-14(21)6-5-11-7-12(8-13(22)9-29-4)20(25)28-16(11)15/h5-6,12,25H,7-10H2,1-4H3/t12-/m1/s1. The first-order valence-corrected chi connectivity index (χ1v) is 10.4. The third kappa shape index (κ3) is 5.96. The van der Waals surface area contributed by atoms with E-state index in [1.165, 1.54) is 17.8 Å². The molecule has 0 aromatic heterocycles. The molecular weight excluding hydrogens is 402 g/mol. The van der Waals surface area contributed by atoms with E-state index in [1.807, 2.05) is 0 Å². The molecule has 1 heterocycles. The van der Waals surface area contributed by atoms with E-state index in [1.54, 1.807) is 27.0 Å². The molecule has 7 nitrogen and oxygen atoms in total. The number of thioether (sulfide) groups is 1. The van der Waals surface area contributed by atoms with Gasteiger partial charge in [0.2, 0.25) is 6.79 Å². The van der Waals surface area contributed by atoms with E-state index in [2.05, 4.69) is 0 Å². The number of carbonyl (C=O) groups excluding carboxylic acids is 3. The molecular formula is C19H24BFO7S. The molecule has 0 fully saturated rings. The molecule has 2 rings (SSSR count). The van der Waals surface area contributed by atoms with Gasteiger partial charge in [-0.1, -0.05) is 6.07 Å². The van der Waals surface area contributed by atoms with Crippen molar-refractivity contribution in [3.8, 4) is 5.75 Å². The Bertz CT molecular complexity index is 793. The second-order valence-electron chi connectivity index (χ2n) is 7.79. The predicted octanol–water partition coefficient (Wildman–Crippen LogP) is 2.64. The Morgan fingerprint density at radius 2 is 2.00 bits per heavy atom. The molecule has 0 unspecified atom stereocenters. The fourth-order valence-corrected chi connectivity index (χ4v) is 3.24. The van der Waals surface area contributed by atoms with Crippen molar-refractivity contribution in [2.24, 2.45) is 5.41 Å². The van der Waals surface area contributed by atoms with Crippen molar-refractivity contribution >= 4 is 36.6 Å². The van der Waals surface area contributed by atoms with Gasteiger partial charge in [-0.05, 0) is 45.1 Å². The van der Waals surface area contributed by atoms with Crippen LogP contribution in [0.15, 0.2) is 12.1 Å².